The minimum absolute atomic E-state index is 0.0467. The number of carbonyl (C=O) groups excluding carboxylic acids is 1. The number of carbonyl (C=O) groups is 1. The van der Waals surface area contributed by atoms with Crippen molar-refractivity contribution in [2.24, 2.45) is 0 Å². The Morgan fingerprint density at radius 2 is 2.19 bits per heavy atom. The molecule has 1 heterocycles. The molecule has 0 fully saturated rings. The Kier molecular flexibility index (Phi) is 8.00. The Morgan fingerprint density at radius 3 is 2.87 bits per heavy atom. The fraction of sp³-hybridized carbons (Fsp3) is 0.263. The zero-order chi connectivity index (χ0) is 22.5. The van der Waals surface area contributed by atoms with E-state index in [1.807, 2.05) is 0 Å². The maximum Gasteiger partial charge on any atom is 0.277 e. The maximum atomic E-state index is 15.5. The molecule has 0 aliphatic rings. The van der Waals surface area contributed by atoms with Gasteiger partial charge in [0.05, 0.1) is 47.0 Å². The van der Waals surface area contributed by atoms with Crippen LogP contribution in [0.2, 0.25) is 5.02 Å². The lowest BCUT2D eigenvalue weighted by Crippen LogP contribution is -2.26. The molecule has 1 amide bonds. The Morgan fingerprint density at radius 1 is 1.42 bits per heavy atom. The number of hydrogen-bond donors (Lipinski definition) is 3. The smallest absolute Gasteiger partial charge is 0.277 e. The highest BCUT2D eigenvalue weighted by Crippen LogP contribution is 2.34. The van der Waals surface area contributed by atoms with Crippen LogP contribution in [0, 0.1) is 5.82 Å². The molecule has 8 nitrogen and oxygen atoms in total. The van der Waals surface area contributed by atoms with Crippen molar-refractivity contribution in [3.63, 3.8) is 0 Å². The molecule has 0 aliphatic carbocycles. The van der Waals surface area contributed by atoms with Crippen molar-refractivity contribution in [1.82, 2.24) is 15.0 Å². The molecule has 0 aliphatic heterocycles. The molecule has 12 heteroatoms. The number of anilines is 2. The molecule has 2 aromatic carbocycles. The van der Waals surface area contributed by atoms with Crippen molar-refractivity contribution >= 4 is 66.6 Å². The molecule has 0 saturated carbocycles. The van der Waals surface area contributed by atoms with Crippen LogP contribution in [0.25, 0.3) is 11.0 Å². The second-order valence-electron chi connectivity index (χ2n) is 6.45. The Labute approximate surface area is 193 Å². The first-order valence-corrected chi connectivity index (χ1v) is 11.9. The van der Waals surface area contributed by atoms with Crippen LogP contribution in [0.5, 0.6) is 0 Å². The van der Waals surface area contributed by atoms with Gasteiger partial charge in [-0.1, -0.05) is 27.5 Å². The molecule has 1 unspecified atom stereocenters. The van der Waals surface area contributed by atoms with Crippen molar-refractivity contribution in [3.8, 4) is 0 Å². The molecule has 3 N–H and O–H groups in total. The third kappa shape index (κ3) is 5.60. The number of nitrogens with one attached hydrogen (secondary N) is 2. The molecule has 1 aromatic heterocycles. The lowest BCUT2D eigenvalue weighted by molar-refractivity contribution is 0.0169. The van der Waals surface area contributed by atoms with E-state index < -0.39 is 22.5 Å². The fourth-order valence-electron chi connectivity index (χ4n) is 2.81. The van der Waals surface area contributed by atoms with Gasteiger partial charge in [-0.05, 0) is 24.3 Å². The minimum atomic E-state index is -1.05. The number of aryl methyl sites for hydroxylation is 1. The van der Waals surface area contributed by atoms with E-state index in [0.717, 1.165) is 4.47 Å². The normalized spacial score (nSPS) is 12.2. The Hall–Kier alpha value is -2.05. The molecule has 31 heavy (non-hydrogen) atoms. The summed E-state index contributed by atoms with van der Waals surface area (Å²) in [5, 5.41) is 12.0. The van der Waals surface area contributed by atoms with Crippen molar-refractivity contribution in [1.29, 1.82) is 0 Å². The predicted octanol–water partition coefficient (Wildman–Crippen LogP) is 3.37. The summed E-state index contributed by atoms with van der Waals surface area (Å²) in [4.78, 5) is 21.7. The number of aliphatic hydroxyl groups is 1. The van der Waals surface area contributed by atoms with Crippen molar-refractivity contribution in [3.05, 3.63) is 51.5 Å². The summed E-state index contributed by atoms with van der Waals surface area (Å²) in [6, 6.07) is 6.45. The summed E-state index contributed by atoms with van der Waals surface area (Å²) < 4.78 is 29.3. The summed E-state index contributed by atoms with van der Waals surface area (Å²) >= 11 is 9.55. The highest BCUT2D eigenvalue weighted by Gasteiger charge is 2.23. The summed E-state index contributed by atoms with van der Waals surface area (Å²) in [5.74, 6) is -1.13. The van der Waals surface area contributed by atoms with Crippen LogP contribution in [0.4, 0.5) is 15.8 Å². The zero-order valence-electron chi connectivity index (χ0n) is 16.3. The number of aromatic nitrogens is 2. The van der Waals surface area contributed by atoms with Gasteiger partial charge in [-0.15, -0.1) is 0 Å². The molecule has 1 atom stereocenters. The molecule has 0 bridgehead atoms. The van der Waals surface area contributed by atoms with E-state index in [9.17, 15) is 9.00 Å². The third-order valence-electron chi connectivity index (χ3n) is 4.27. The lowest BCUT2D eigenvalue weighted by atomic mass is 10.1. The number of hydrogen-bond acceptors (Lipinski definition) is 6. The van der Waals surface area contributed by atoms with Crippen LogP contribution in [-0.4, -0.2) is 50.0 Å². The molecule has 166 valence electrons. The first-order chi connectivity index (χ1) is 14.8. The van der Waals surface area contributed by atoms with Crippen LogP contribution in [-0.2, 0) is 22.2 Å². The number of amides is 1. The lowest BCUT2D eigenvalue weighted by Gasteiger charge is -2.15. The Bertz CT molecular complexity index is 1140. The fourth-order valence-corrected chi connectivity index (χ4v) is 3.98. The van der Waals surface area contributed by atoms with E-state index in [4.69, 9.17) is 21.5 Å². The van der Waals surface area contributed by atoms with Crippen LogP contribution < -0.4 is 10.8 Å². The van der Waals surface area contributed by atoms with Crippen LogP contribution in [0.3, 0.4) is 0 Å². The molecule has 3 rings (SSSR count). The average Bonchev–Trinajstić information content (AvgIpc) is 3.13. The first kappa shape index (κ1) is 23.6. The monoisotopic (exact) mass is 532 g/mol. The van der Waals surface area contributed by atoms with Crippen LogP contribution >= 0.6 is 27.5 Å². The maximum absolute atomic E-state index is 15.5. The molecule has 0 radical (unpaired) electrons. The van der Waals surface area contributed by atoms with Gasteiger partial charge in [0.2, 0.25) is 0 Å². The van der Waals surface area contributed by atoms with Crippen molar-refractivity contribution in [2.45, 2.75) is 6.54 Å². The van der Waals surface area contributed by atoms with Crippen molar-refractivity contribution in [2.75, 3.05) is 30.5 Å². The standard InChI is InChI=1S/C19H19BrClFN4O4S/c1-31(29)7-4-26-10-23-18-15(26)9-12(19(28)25-30-6-5-27)17(16(18)22)24-14-3-2-11(20)8-13(14)21/h2-3,8-10,24,27H,4-7H2,1H3,(H,25,28). The number of fused-ring (bicyclic) bond motifs is 1. The van der Waals surface area contributed by atoms with E-state index in [0.29, 0.717) is 28.5 Å². The molecule has 0 saturated heterocycles. The van der Waals surface area contributed by atoms with E-state index >= 15 is 4.39 Å². The van der Waals surface area contributed by atoms with E-state index in [1.54, 1.807) is 29.0 Å². The van der Waals surface area contributed by atoms with Gasteiger partial charge in [0, 0.05) is 33.8 Å². The van der Waals surface area contributed by atoms with Crippen molar-refractivity contribution < 1.29 is 23.3 Å². The predicted molar refractivity (Wildman–Crippen MR) is 122 cm³/mol. The molecule has 3 aromatic rings. The number of rotatable bonds is 9. The number of benzene rings is 2. The highest BCUT2D eigenvalue weighted by molar-refractivity contribution is 9.10. The molecule has 0 spiro atoms. The highest BCUT2D eigenvalue weighted by atomic mass is 79.9. The van der Waals surface area contributed by atoms with Crippen LogP contribution in [0.1, 0.15) is 10.4 Å². The number of imidazole rings is 1. The van der Waals surface area contributed by atoms with E-state index in [-0.39, 0.29) is 30.0 Å². The van der Waals surface area contributed by atoms with E-state index in [2.05, 4.69) is 31.7 Å². The topological polar surface area (TPSA) is 105 Å². The van der Waals surface area contributed by atoms with Gasteiger partial charge in [0.25, 0.3) is 5.91 Å². The van der Waals surface area contributed by atoms with Gasteiger partial charge in [0.15, 0.2) is 5.82 Å². The quantitative estimate of drug-likeness (QED) is 0.288. The van der Waals surface area contributed by atoms with Gasteiger partial charge >= 0.3 is 0 Å². The molecular formula is C19H19BrClFN4O4S. The van der Waals surface area contributed by atoms with E-state index in [1.165, 1.54) is 12.4 Å². The number of aliphatic hydroxyl groups excluding tert-OH is 1. The van der Waals surface area contributed by atoms with Gasteiger partial charge in [0.1, 0.15) is 5.52 Å². The molecular weight excluding hydrogens is 515 g/mol. The number of nitrogens with zero attached hydrogens (tertiary/aromatic N) is 2. The SMILES string of the molecule is CS(=O)CCn1cnc2c(F)c(Nc3ccc(Br)cc3Cl)c(C(=O)NOCCO)cc21. The zero-order valence-corrected chi connectivity index (χ0v) is 19.5. The second-order valence-corrected chi connectivity index (χ2v) is 9.33. The Balaban J connectivity index is 2.09. The first-order valence-electron chi connectivity index (χ1n) is 9.04. The van der Waals surface area contributed by atoms with Crippen LogP contribution in [0.15, 0.2) is 35.1 Å². The average molecular weight is 534 g/mol. The number of halogens is 3. The minimum Gasteiger partial charge on any atom is -0.394 e. The third-order valence-corrected chi connectivity index (χ3v) is 5.83. The van der Waals surface area contributed by atoms with Gasteiger partial charge in [-0.25, -0.2) is 14.9 Å². The summed E-state index contributed by atoms with van der Waals surface area (Å²) in [6.07, 6.45) is 3.00. The van der Waals surface area contributed by atoms with Gasteiger partial charge in [-0.3, -0.25) is 13.8 Å². The van der Waals surface area contributed by atoms with Gasteiger partial charge < -0.3 is 15.0 Å². The largest absolute Gasteiger partial charge is 0.394 e. The number of hydroxylamine groups is 1. The summed E-state index contributed by atoms with van der Waals surface area (Å²) in [6.45, 7) is -0.0847. The summed E-state index contributed by atoms with van der Waals surface area (Å²) in [5.41, 5.74) is 2.79. The summed E-state index contributed by atoms with van der Waals surface area (Å²) in [7, 11) is -1.05. The second kappa shape index (κ2) is 10.5. The van der Waals surface area contributed by atoms with Gasteiger partial charge in [-0.2, -0.15) is 0 Å².